The van der Waals surface area contributed by atoms with Gasteiger partial charge in [0.2, 0.25) is 5.91 Å². The maximum atomic E-state index is 11.8. The molecule has 0 saturated heterocycles. The van der Waals surface area contributed by atoms with Crippen molar-refractivity contribution < 1.29 is 9.90 Å². The fourth-order valence-corrected chi connectivity index (χ4v) is 2.07. The standard InChI is InChI=1S/C16H16ClNO2/c17-15-3-1-2-14(8-15)9-16(20)18-10-12-4-6-13(11-19)7-5-12/h1-8,19H,9-11H2,(H,18,20). The van der Waals surface area contributed by atoms with E-state index in [9.17, 15) is 4.79 Å². The van der Waals surface area contributed by atoms with Gasteiger partial charge in [-0.2, -0.15) is 0 Å². The van der Waals surface area contributed by atoms with Gasteiger partial charge in [-0.3, -0.25) is 4.79 Å². The Balaban J connectivity index is 1.85. The zero-order valence-electron chi connectivity index (χ0n) is 11.0. The largest absolute Gasteiger partial charge is 0.392 e. The minimum absolute atomic E-state index is 0.0292. The van der Waals surface area contributed by atoms with Gasteiger partial charge in [-0.05, 0) is 28.8 Å². The van der Waals surface area contributed by atoms with Crippen molar-refractivity contribution in [3.63, 3.8) is 0 Å². The first-order valence-electron chi connectivity index (χ1n) is 6.37. The molecule has 0 unspecified atom stereocenters. The van der Waals surface area contributed by atoms with Crippen molar-refractivity contribution in [1.82, 2.24) is 5.32 Å². The highest BCUT2D eigenvalue weighted by Crippen LogP contribution is 2.11. The van der Waals surface area contributed by atoms with E-state index in [0.29, 0.717) is 18.0 Å². The van der Waals surface area contributed by atoms with Gasteiger partial charge < -0.3 is 10.4 Å². The van der Waals surface area contributed by atoms with Crippen LogP contribution in [0.2, 0.25) is 5.02 Å². The molecule has 2 aromatic carbocycles. The highest BCUT2D eigenvalue weighted by molar-refractivity contribution is 6.30. The summed E-state index contributed by atoms with van der Waals surface area (Å²) in [5.41, 5.74) is 2.76. The van der Waals surface area contributed by atoms with E-state index in [0.717, 1.165) is 16.7 Å². The Labute approximate surface area is 123 Å². The number of carbonyl (C=O) groups is 1. The summed E-state index contributed by atoms with van der Waals surface area (Å²) in [7, 11) is 0. The van der Waals surface area contributed by atoms with Crippen LogP contribution >= 0.6 is 11.6 Å². The number of halogens is 1. The molecule has 2 N–H and O–H groups in total. The summed E-state index contributed by atoms with van der Waals surface area (Å²) >= 11 is 5.88. The molecule has 2 aromatic rings. The smallest absolute Gasteiger partial charge is 0.224 e. The third kappa shape index (κ3) is 4.37. The summed E-state index contributed by atoms with van der Waals surface area (Å²) in [6.45, 7) is 0.506. The number of rotatable bonds is 5. The molecule has 2 rings (SSSR count). The van der Waals surface area contributed by atoms with E-state index in [2.05, 4.69) is 5.32 Å². The molecule has 0 atom stereocenters. The normalized spacial score (nSPS) is 10.3. The van der Waals surface area contributed by atoms with Crippen LogP contribution in [-0.2, 0) is 24.4 Å². The number of hydrogen-bond donors (Lipinski definition) is 2. The van der Waals surface area contributed by atoms with E-state index >= 15 is 0 Å². The lowest BCUT2D eigenvalue weighted by atomic mass is 10.1. The molecule has 0 aliphatic rings. The van der Waals surface area contributed by atoms with Crippen molar-refractivity contribution in [3.05, 3.63) is 70.2 Å². The molecular formula is C16H16ClNO2. The number of carbonyl (C=O) groups excluding carboxylic acids is 1. The summed E-state index contributed by atoms with van der Waals surface area (Å²) in [5.74, 6) is -0.0431. The van der Waals surface area contributed by atoms with Gasteiger partial charge in [0, 0.05) is 11.6 Å². The Kier molecular flexibility index (Phi) is 5.16. The van der Waals surface area contributed by atoms with Crippen molar-refractivity contribution in [2.45, 2.75) is 19.6 Å². The van der Waals surface area contributed by atoms with Crippen molar-refractivity contribution in [2.24, 2.45) is 0 Å². The molecular weight excluding hydrogens is 274 g/mol. The average molecular weight is 290 g/mol. The third-order valence-electron chi connectivity index (χ3n) is 2.95. The molecule has 0 bridgehead atoms. The molecule has 104 valence electrons. The molecule has 0 fully saturated rings. The topological polar surface area (TPSA) is 49.3 Å². The van der Waals surface area contributed by atoms with E-state index in [-0.39, 0.29) is 12.5 Å². The summed E-state index contributed by atoms with van der Waals surface area (Å²) < 4.78 is 0. The lowest BCUT2D eigenvalue weighted by Crippen LogP contribution is -2.24. The van der Waals surface area contributed by atoms with E-state index in [1.54, 1.807) is 12.1 Å². The van der Waals surface area contributed by atoms with Gasteiger partial charge in [0.25, 0.3) is 0 Å². The number of hydrogen-bond acceptors (Lipinski definition) is 2. The fourth-order valence-electron chi connectivity index (χ4n) is 1.86. The van der Waals surface area contributed by atoms with E-state index in [1.807, 2.05) is 36.4 Å². The Morgan fingerprint density at radius 1 is 1.05 bits per heavy atom. The van der Waals surface area contributed by atoms with Crippen molar-refractivity contribution >= 4 is 17.5 Å². The first-order chi connectivity index (χ1) is 9.67. The minimum Gasteiger partial charge on any atom is -0.392 e. The number of benzene rings is 2. The number of aliphatic hydroxyl groups is 1. The highest BCUT2D eigenvalue weighted by atomic mass is 35.5. The van der Waals surface area contributed by atoms with Crippen molar-refractivity contribution in [2.75, 3.05) is 0 Å². The van der Waals surface area contributed by atoms with Crippen molar-refractivity contribution in [3.8, 4) is 0 Å². The van der Waals surface area contributed by atoms with Crippen LogP contribution in [0.5, 0.6) is 0 Å². The number of amides is 1. The highest BCUT2D eigenvalue weighted by Gasteiger charge is 2.04. The second-order valence-corrected chi connectivity index (χ2v) is 4.99. The zero-order chi connectivity index (χ0) is 14.4. The van der Waals surface area contributed by atoms with Crippen LogP contribution in [0.4, 0.5) is 0 Å². The molecule has 0 aliphatic carbocycles. The molecule has 0 radical (unpaired) electrons. The first-order valence-corrected chi connectivity index (χ1v) is 6.75. The summed E-state index contributed by atoms with van der Waals surface area (Å²) in [5, 5.41) is 12.4. The van der Waals surface area contributed by atoms with Crippen LogP contribution in [0, 0.1) is 0 Å². The Morgan fingerprint density at radius 3 is 2.40 bits per heavy atom. The van der Waals surface area contributed by atoms with Gasteiger partial charge in [0.1, 0.15) is 0 Å². The fraction of sp³-hybridized carbons (Fsp3) is 0.188. The van der Waals surface area contributed by atoms with Gasteiger partial charge >= 0.3 is 0 Å². The SMILES string of the molecule is O=C(Cc1cccc(Cl)c1)NCc1ccc(CO)cc1. The third-order valence-corrected chi connectivity index (χ3v) is 3.18. The van der Waals surface area contributed by atoms with Gasteiger partial charge in [-0.25, -0.2) is 0 Å². The first kappa shape index (κ1) is 14.6. The molecule has 3 nitrogen and oxygen atoms in total. The molecule has 0 saturated carbocycles. The molecule has 1 amide bonds. The predicted octanol–water partition coefficient (Wildman–Crippen LogP) is 2.69. The second kappa shape index (κ2) is 7.08. The van der Waals surface area contributed by atoms with Crippen LogP contribution < -0.4 is 5.32 Å². The quantitative estimate of drug-likeness (QED) is 0.889. The van der Waals surface area contributed by atoms with Crippen LogP contribution in [0.1, 0.15) is 16.7 Å². The summed E-state index contributed by atoms with van der Waals surface area (Å²) in [4.78, 5) is 11.8. The summed E-state index contributed by atoms with van der Waals surface area (Å²) in [6.07, 6.45) is 0.315. The van der Waals surface area contributed by atoms with E-state index in [1.165, 1.54) is 0 Å². The van der Waals surface area contributed by atoms with Gasteiger partial charge in [0.15, 0.2) is 0 Å². The molecule has 0 spiro atoms. The molecule has 0 aromatic heterocycles. The molecule has 20 heavy (non-hydrogen) atoms. The molecule has 0 heterocycles. The molecule has 4 heteroatoms. The van der Waals surface area contributed by atoms with Gasteiger partial charge in [-0.15, -0.1) is 0 Å². The van der Waals surface area contributed by atoms with Crippen LogP contribution in [0.3, 0.4) is 0 Å². The van der Waals surface area contributed by atoms with Gasteiger partial charge in [-0.1, -0.05) is 48.0 Å². The van der Waals surface area contributed by atoms with E-state index < -0.39 is 0 Å². The van der Waals surface area contributed by atoms with Crippen LogP contribution in [-0.4, -0.2) is 11.0 Å². The maximum absolute atomic E-state index is 11.8. The van der Waals surface area contributed by atoms with Gasteiger partial charge in [0.05, 0.1) is 13.0 Å². The Bertz CT molecular complexity index is 581. The lowest BCUT2D eigenvalue weighted by molar-refractivity contribution is -0.120. The molecule has 0 aliphatic heterocycles. The number of nitrogens with one attached hydrogen (secondary N) is 1. The average Bonchev–Trinajstić information content (AvgIpc) is 2.46. The Hall–Kier alpha value is -1.84. The zero-order valence-corrected chi connectivity index (χ0v) is 11.7. The number of aliphatic hydroxyl groups excluding tert-OH is 1. The van der Waals surface area contributed by atoms with Crippen molar-refractivity contribution in [1.29, 1.82) is 0 Å². The lowest BCUT2D eigenvalue weighted by Gasteiger charge is -2.06. The monoisotopic (exact) mass is 289 g/mol. The Morgan fingerprint density at radius 2 is 1.75 bits per heavy atom. The maximum Gasteiger partial charge on any atom is 0.224 e. The van der Waals surface area contributed by atoms with Crippen LogP contribution in [0.15, 0.2) is 48.5 Å². The summed E-state index contributed by atoms with van der Waals surface area (Å²) in [6, 6.07) is 14.8. The van der Waals surface area contributed by atoms with E-state index in [4.69, 9.17) is 16.7 Å². The van der Waals surface area contributed by atoms with Crippen LogP contribution in [0.25, 0.3) is 0 Å². The second-order valence-electron chi connectivity index (χ2n) is 4.56. The predicted molar refractivity (Wildman–Crippen MR) is 79.4 cm³/mol. The minimum atomic E-state index is -0.0431.